The summed E-state index contributed by atoms with van der Waals surface area (Å²) in [6.07, 6.45) is 0. The number of benzene rings is 1. The Morgan fingerprint density at radius 1 is 1.00 bits per heavy atom. The molecule has 3 rings (SSSR count). The predicted molar refractivity (Wildman–Crippen MR) is 96.9 cm³/mol. The maximum atomic E-state index is 12.6. The molecule has 27 heavy (non-hydrogen) atoms. The number of esters is 2. The molecule has 8 heteroatoms. The average molecular weight is 369 g/mol. The van der Waals surface area contributed by atoms with Crippen LogP contribution in [0.2, 0.25) is 0 Å². The zero-order valence-electron chi connectivity index (χ0n) is 15.2. The highest BCUT2D eigenvalue weighted by molar-refractivity contribution is 6.10. The molecule has 0 amide bonds. The fourth-order valence-corrected chi connectivity index (χ4v) is 2.98. The van der Waals surface area contributed by atoms with Gasteiger partial charge in [0.15, 0.2) is 12.3 Å². The topological polar surface area (TPSA) is 114 Å². The standard InChI is InChI=1S/C19H19N3O5/c1-4-26-18(24)16-11(3)20-10(2)15(16)14(23)9-27-19(25)17-12-7-5-6-8-13(12)21-22-17/h5-8,20H,4,9H2,1-3H3,(H,21,22). The van der Waals surface area contributed by atoms with E-state index in [2.05, 4.69) is 15.2 Å². The third-order valence-corrected chi connectivity index (χ3v) is 4.13. The van der Waals surface area contributed by atoms with Gasteiger partial charge in [-0.1, -0.05) is 18.2 Å². The van der Waals surface area contributed by atoms with E-state index in [1.807, 2.05) is 6.07 Å². The average Bonchev–Trinajstić information content (AvgIpc) is 3.20. The molecular weight excluding hydrogens is 350 g/mol. The zero-order chi connectivity index (χ0) is 19.6. The van der Waals surface area contributed by atoms with Gasteiger partial charge in [-0.25, -0.2) is 9.59 Å². The van der Waals surface area contributed by atoms with E-state index in [1.54, 1.807) is 39.0 Å². The Kier molecular flexibility index (Phi) is 5.07. The van der Waals surface area contributed by atoms with Crippen molar-refractivity contribution in [3.05, 3.63) is 52.5 Å². The van der Waals surface area contributed by atoms with Crippen molar-refractivity contribution in [3.8, 4) is 0 Å². The molecule has 8 nitrogen and oxygen atoms in total. The Bertz CT molecular complexity index is 1030. The first-order valence-electron chi connectivity index (χ1n) is 8.43. The maximum Gasteiger partial charge on any atom is 0.359 e. The lowest BCUT2D eigenvalue weighted by Crippen LogP contribution is -2.18. The minimum Gasteiger partial charge on any atom is -0.462 e. The van der Waals surface area contributed by atoms with Crippen molar-refractivity contribution in [2.24, 2.45) is 0 Å². The van der Waals surface area contributed by atoms with Gasteiger partial charge in [-0.05, 0) is 26.8 Å². The van der Waals surface area contributed by atoms with E-state index in [4.69, 9.17) is 9.47 Å². The molecule has 0 bridgehead atoms. The number of hydrogen-bond acceptors (Lipinski definition) is 6. The van der Waals surface area contributed by atoms with Gasteiger partial charge in [-0.3, -0.25) is 9.89 Å². The van der Waals surface area contributed by atoms with Crippen LogP contribution in [-0.4, -0.2) is 46.1 Å². The third kappa shape index (κ3) is 3.46. The first-order chi connectivity index (χ1) is 12.9. The number of ether oxygens (including phenoxy) is 2. The number of para-hydroxylation sites is 1. The smallest absolute Gasteiger partial charge is 0.359 e. The summed E-state index contributed by atoms with van der Waals surface area (Å²) in [7, 11) is 0. The highest BCUT2D eigenvalue weighted by Gasteiger charge is 2.26. The number of aromatic nitrogens is 3. The van der Waals surface area contributed by atoms with Crippen molar-refractivity contribution < 1.29 is 23.9 Å². The quantitative estimate of drug-likeness (QED) is 0.510. The van der Waals surface area contributed by atoms with Gasteiger partial charge in [0.2, 0.25) is 5.78 Å². The molecule has 0 aliphatic heterocycles. The number of nitrogens with zero attached hydrogens (tertiary/aromatic N) is 1. The summed E-state index contributed by atoms with van der Waals surface area (Å²) in [4.78, 5) is 40.0. The molecule has 0 fully saturated rings. The van der Waals surface area contributed by atoms with Crippen LogP contribution in [0.4, 0.5) is 0 Å². The molecule has 2 heterocycles. The normalized spacial score (nSPS) is 10.8. The number of aromatic amines is 2. The molecule has 3 aromatic rings. The third-order valence-electron chi connectivity index (χ3n) is 4.13. The highest BCUT2D eigenvalue weighted by atomic mass is 16.5. The second-order valence-electron chi connectivity index (χ2n) is 5.96. The molecule has 0 aliphatic rings. The van der Waals surface area contributed by atoms with Gasteiger partial charge in [0.1, 0.15) is 0 Å². The van der Waals surface area contributed by atoms with Crippen molar-refractivity contribution in [2.75, 3.05) is 13.2 Å². The maximum absolute atomic E-state index is 12.6. The van der Waals surface area contributed by atoms with Crippen LogP contribution in [0.3, 0.4) is 0 Å². The molecule has 0 radical (unpaired) electrons. The summed E-state index contributed by atoms with van der Waals surface area (Å²) in [6, 6.07) is 7.10. The van der Waals surface area contributed by atoms with E-state index < -0.39 is 24.3 Å². The van der Waals surface area contributed by atoms with Crippen LogP contribution in [0, 0.1) is 13.8 Å². The number of rotatable bonds is 6. The molecule has 140 valence electrons. The van der Waals surface area contributed by atoms with E-state index in [0.29, 0.717) is 22.3 Å². The van der Waals surface area contributed by atoms with E-state index in [1.165, 1.54) is 0 Å². The SMILES string of the molecule is CCOC(=O)c1c(C)[nH]c(C)c1C(=O)COC(=O)c1n[nH]c2ccccc12. The Labute approximate surface area is 154 Å². The molecule has 2 aromatic heterocycles. The molecule has 0 unspecified atom stereocenters. The van der Waals surface area contributed by atoms with Crippen LogP contribution in [0.25, 0.3) is 10.9 Å². The van der Waals surface area contributed by atoms with Crippen molar-refractivity contribution >= 4 is 28.6 Å². The summed E-state index contributed by atoms with van der Waals surface area (Å²) in [6.45, 7) is 4.72. The minimum atomic E-state index is -0.719. The number of H-pyrrole nitrogens is 2. The second-order valence-corrected chi connectivity index (χ2v) is 5.96. The first kappa shape index (κ1) is 18.4. The van der Waals surface area contributed by atoms with Crippen LogP contribution < -0.4 is 0 Å². The van der Waals surface area contributed by atoms with Crippen LogP contribution in [0.5, 0.6) is 0 Å². The monoisotopic (exact) mass is 369 g/mol. The van der Waals surface area contributed by atoms with Crippen LogP contribution in [0.1, 0.15) is 49.5 Å². The fraction of sp³-hybridized carbons (Fsp3) is 0.263. The van der Waals surface area contributed by atoms with Crippen molar-refractivity contribution in [2.45, 2.75) is 20.8 Å². The minimum absolute atomic E-state index is 0.103. The largest absolute Gasteiger partial charge is 0.462 e. The number of carbonyl (C=O) groups excluding carboxylic acids is 3. The number of aryl methyl sites for hydroxylation is 2. The van der Waals surface area contributed by atoms with Crippen molar-refractivity contribution in [1.82, 2.24) is 15.2 Å². The van der Waals surface area contributed by atoms with Gasteiger partial charge in [-0.2, -0.15) is 5.10 Å². The van der Waals surface area contributed by atoms with E-state index in [-0.39, 0.29) is 23.4 Å². The second kappa shape index (κ2) is 7.45. The fourth-order valence-electron chi connectivity index (χ4n) is 2.98. The van der Waals surface area contributed by atoms with Gasteiger partial charge < -0.3 is 14.5 Å². The van der Waals surface area contributed by atoms with Gasteiger partial charge in [0, 0.05) is 16.8 Å². The number of ketones is 1. The van der Waals surface area contributed by atoms with E-state index >= 15 is 0 Å². The first-order valence-corrected chi connectivity index (χ1v) is 8.43. The lowest BCUT2D eigenvalue weighted by atomic mass is 10.1. The number of carbonyl (C=O) groups is 3. The molecule has 1 aromatic carbocycles. The summed E-state index contributed by atoms with van der Waals surface area (Å²) in [5.41, 5.74) is 2.18. The van der Waals surface area contributed by atoms with Crippen molar-refractivity contribution in [3.63, 3.8) is 0 Å². The molecule has 0 atom stereocenters. The lowest BCUT2D eigenvalue weighted by molar-refractivity contribution is 0.0468. The molecule has 0 aliphatic carbocycles. The van der Waals surface area contributed by atoms with Crippen LogP contribution in [-0.2, 0) is 9.47 Å². The Morgan fingerprint density at radius 3 is 2.44 bits per heavy atom. The molecule has 0 spiro atoms. The predicted octanol–water partition coefficient (Wildman–Crippen LogP) is 2.72. The molecule has 0 saturated carbocycles. The van der Waals surface area contributed by atoms with E-state index in [0.717, 1.165) is 0 Å². The van der Waals surface area contributed by atoms with Gasteiger partial charge >= 0.3 is 11.9 Å². The Hall–Kier alpha value is -3.42. The molecular formula is C19H19N3O5. The van der Waals surface area contributed by atoms with Gasteiger partial charge in [-0.15, -0.1) is 0 Å². The van der Waals surface area contributed by atoms with E-state index in [9.17, 15) is 14.4 Å². The van der Waals surface area contributed by atoms with Crippen LogP contribution in [0.15, 0.2) is 24.3 Å². The summed E-state index contributed by atoms with van der Waals surface area (Å²) >= 11 is 0. The zero-order valence-corrected chi connectivity index (χ0v) is 15.2. The van der Waals surface area contributed by atoms with Crippen LogP contribution >= 0.6 is 0 Å². The summed E-state index contributed by atoms with van der Waals surface area (Å²) < 4.78 is 10.1. The number of Topliss-reactive ketones (excluding diaryl/α,β-unsaturated/α-hetero) is 1. The summed E-state index contributed by atoms with van der Waals surface area (Å²) in [5, 5.41) is 7.29. The lowest BCUT2D eigenvalue weighted by Gasteiger charge is -2.06. The summed E-state index contributed by atoms with van der Waals surface area (Å²) in [5.74, 6) is -1.80. The van der Waals surface area contributed by atoms with Crippen molar-refractivity contribution in [1.29, 1.82) is 0 Å². The number of fused-ring (bicyclic) bond motifs is 1. The number of nitrogens with one attached hydrogen (secondary N) is 2. The Morgan fingerprint density at radius 2 is 1.70 bits per heavy atom. The molecule has 0 saturated heterocycles. The number of hydrogen-bond donors (Lipinski definition) is 2. The highest BCUT2D eigenvalue weighted by Crippen LogP contribution is 2.21. The molecule has 2 N–H and O–H groups in total. The van der Waals surface area contributed by atoms with Gasteiger partial charge in [0.25, 0.3) is 0 Å². The Balaban J connectivity index is 1.78. The van der Waals surface area contributed by atoms with Gasteiger partial charge in [0.05, 0.1) is 23.3 Å².